The number of carbonyl (C=O) groups excluding carboxylic acids is 1. The Morgan fingerprint density at radius 1 is 1.40 bits per heavy atom. The van der Waals surface area contributed by atoms with Gasteiger partial charge in [0, 0.05) is 18.4 Å². The first-order chi connectivity index (χ1) is 7.26. The zero-order valence-corrected chi connectivity index (χ0v) is 8.76. The number of carbonyl (C=O) groups is 1. The molecule has 1 aromatic rings. The molecule has 1 amide bonds. The monoisotopic (exact) mass is 202 g/mol. The van der Waals surface area contributed by atoms with Gasteiger partial charge < -0.3 is 10.6 Å². The molecule has 3 nitrogen and oxygen atoms in total. The van der Waals surface area contributed by atoms with E-state index < -0.39 is 0 Å². The van der Waals surface area contributed by atoms with Crippen LogP contribution in [-0.4, -0.2) is 13.0 Å². The van der Waals surface area contributed by atoms with Crippen molar-refractivity contribution >= 4 is 17.3 Å². The normalized spacial score (nSPS) is 20.7. The summed E-state index contributed by atoms with van der Waals surface area (Å²) in [5.41, 5.74) is 3.07. The number of nitrogens with one attached hydrogen (secondary N) is 2. The van der Waals surface area contributed by atoms with E-state index in [0.29, 0.717) is 0 Å². The lowest BCUT2D eigenvalue weighted by atomic mass is 9.65. The van der Waals surface area contributed by atoms with Crippen molar-refractivity contribution in [2.24, 2.45) is 0 Å². The molecule has 1 heterocycles. The van der Waals surface area contributed by atoms with Crippen molar-refractivity contribution in [3.8, 4) is 0 Å². The van der Waals surface area contributed by atoms with Gasteiger partial charge in [-0.1, -0.05) is 6.42 Å². The van der Waals surface area contributed by atoms with Crippen LogP contribution in [0.4, 0.5) is 11.4 Å². The summed E-state index contributed by atoms with van der Waals surface area (Å²) in [5.74, 6) is 0.192. The second kappa shape index (κ2) is 2.75. The summed E-state index contributed by atoms with van der Waals surface area (Å²) < 4.78 is 0. The minimum absolute atomic E-state index is 0.192. The maximum Gasteiger partial charge on any atom is 0.235 e. The predicted molar refractivity (Wildman–Crippen MR) is 60.1 cm³/mol. The van der Waals surface area contributed by atoms with E-state index in [1.54, 1.807) is 0 Å². The SMILES string of the molecule is CNc1ccc2c(c1)C1(CCC1)C(=O)N2. The van der Waals surface area contributed by atoms with Gasteiger partial charge in [-0.05, 0) is 36.6 Å². The van der Waals surface area contributed by atoms with E-state index in [0.717, 1.165) is 30.6 Å². The number of amides is 1. The first-order valence-electron chi connectivity index (χ1n) is 5.40. The number of hydrogen-bond acceptors (Lipinski definition) is 2. The molecule has 0 bridgehead atoms. The van der Waals surface area contributed by atoms with Crippen LogP contribution in [0.15, 0.2) is 18.2 Å². The Morgan fingerprint density at radius 2 is 2.20 bits per heavy atom. The molecule has 0 unspecified atom stereocenters. The second-order valence-corrected chi connectivity index (χ2v) is 4.40. The van der Waals surface area contributed by atoms with E-state index in [1.807, 2.05) is 19.2 Å². The van der Waals surface area contributed by atoms with Gasteiger partial charge in [0.2, 0.25) is 5.91 Å². The lowest BCUT2D eigenvalue weighted by Gasteiger charge is -2.36. The van der Waals surface area contributed by atoms with Crippen molar-refractivity contribution in [3.63, 3.8) is 0 Å². The highest BCUT2D eigenvalue weighted by molar-refractivity contribution is 6.07. The molecule has 15 heavy (non-hydrogen) atoms. The molecule has 3 heteroatoms. The average molecular weight is 202 g/mol. The molecular formula is C12H14N2O. The minimum atomic E-state index is -0.192. The molecule has 0 atom stereocenters. The number of rotatable bonds is 1. The summed E-state index contributed by atoms with van der Waals surface area (Å²) in [6, 6.07) is 6.09. The maximum absolute atomic E-state index is 11.9. The Morgan fingerprint density at radius 3 is 2.80 bits per heavy atom. The van der Waals surface area contributed by atoms with E-state index in [-0.39, 0.29) is 11.3 Å². The zero-order chi connectivity index (χ0) is 10.5. The molecule has 2 N–H and O–H groups in total. The Bertz CT molecular complexity index is 435. The molecule has 1 spiro atoms. The van der Waals surface area contributed by atoms with Crippen molar-refractivity contribution in [3.05, 3.63) is 23.8 Å². The molecule has 2 aliphatic rings. The molecule has 3 rings (SSSR count). The van der Waals surface area contributed by atoms with Crippen molar-refractivity contribution in [2.45, 2.75) is 24.7 Å². The summed E-state index contributed by atoms with van der Waals surface area (Å²) >= 11 is 0. The maximum atomic E-state index is 11.9. The van der Waals surface area contributed by atoms with Gasteiger partial charge in [0.25, 0.3) is 0 Å². The lowest BCUT2D eigenvalue weighted by Crippen LogP contribution is -2.40. The van der Waals surface area contributed by atoms with E-state index in [4.69, 9.17) is 0 Å². The fourth-order valence-corrected chi connectivity index (χ4v) is 2.60. The van der Waals surface area contributed by atoms with Gasteiger partial charge in [-0.25, -0.2) is 0 Å². The molecule has 0 radical (unpaired) electrons. The van der Waals surface area contributed by atoms with Gasteiger partial charge in [-0.3, -0.25) is 4.79 Å². The topological polar surface area (TPSA) is 41.1 Å². The quantitative estimate of drug-likeness (QED) is 0.732. The third kappa shape index (κ3) is 0.978. The highest BCUT2D eigenvalue weighted by Gasteiger charge is 2.50. The van der Waals surface area contributed by atoms with Gasteiger partial charge in [0.1, 0.15) is 0 Å². The first-order valence-corrected chi connectivity index (χ1v) is 5.40. The van der Waals surface area contributed by atoms with E-state index in [9.17, 15) is 4.79 Å². The summed E-state index contributed by atoms with van der Waals surface area (Å²) in [5, 5.41) is 6.09. The average Bonchev–Trinajstić information content (AvgIpc) is 2.47. The Labute approximate surface area is 88.9 Å². The Kier molecular flexibility index (Phi) is 1.61. The fourth-order valence-electron chi connectivity index (χ4n) is 2.60. The summed E-state index contributed by atoms with van der Waals surface area (Å²) in [4.78, 5) is 11.9. The first kappa shape index (κ1) is 8.77. The number of fused-ring (bicyclic) bond motifs is 2. The molecule has 1 saturated carbocycles. The minimum Gasteiger partial charge on any atom is -0.388 e. The summed E-state index contributed by atoms with van der Waals surface area (Å²) in [7, 11) is 1.90. The van der Waals surface area contributed by atoms with E-state index in [2.05, 4.69) is 16.7 Å². The highest BCUT2D eigenvalue weighted by Crippen LogP contribution is 2.51. The third-order valence-electron chi connectivity index (χ3n) is 3.71. The van der Waals surface area contributed by atoms with Crippen molar-refractivity contribution in [1.82, 2.24) is 0 Å². The van der Waals surface area contributed by atoms with Gasteiger partial charge in [-0.2, -0.15) is 0 Å². The fraction of sp³-hybridized carbons (Fsp3) is 0.417. The van der Waals surface area contributed by atoms with Gasteiger partial charge >= 0.3 is 0 Å². The van der Waals surface area contributed by atoms with Crippen LogP contribution >= 0.6 is 0 Å². The lowest BCUT2D eigenvalue weighted by molar-refractivity contribution is -0.123. The second-order valence-electron chi connectivity index (χ2n) is 4.40. The third-order valence-corrected chi connectivity index (χ3v) is 3.71. The van der Waals surface area contributed by atoms with Crippen LogP contribution in [0.1, 0.15) is 24.8 Å². The van der Waals surface area contributed by atoms with E-state index in [1.165, 1.54) is 5.56 Å². The van der Waals surface area contributed by atoms with Crippen LogP contribution in [0, 0.1) is 0 Å². The Hall–Kier alpha value is -1.51. The largest absolute Gasteiger partial charge is 0.388 e. The molecule has 0 saturated heterocycles. The smallest absolute Gasteiger partial charge is 0.235 e. The van der Waals surface area contributed by atoms with Crippen molar-refractivity contribution in [1.29, 1.82) is 0 Å². The number of anilines is 2. The summed E-state index contributed by atoms with van der Waals surface area (Å²) in [6.07, 6.45) is 3.16. The molecule has 78 valence electrons. The predicted octanol–water partition coefficient (Wildman–Crippen LogP) is 2.10. The van der Waals surface area contributed by atoms with Crippen LogP contribution in [-0.2, 0) is 10.2 Å². The van der Waals surface area contributed by atoms with Crippen LogP contribution in [0.5, 0.6) is 0 Å². The van der Waals surface area contributed by atoms with Crippen LogP contribution < -0.4 is 10.6 Å². The van der Waals surface area contributed by atoms with Gasteiger partial charge in [0.05, 0.1) is 5.41 Å². The van der Waals surface area contributed by atoms with Crippen LogP contribution in [0.3, 0.4) is 0 Å². The highest BCUT2D eigenvalue weighted by atomic mass is 16.2. The molecule has 1 aliphatic carbocycles. The Balaban J connectivity index is 2.14. The molecule has 0 aromatic heterocycles. The number of hydrogen-bond donors (Lipinski definition) is 2. The molecule has 1 fully saturated rings. The van der Waals surface area contributed by atoms with Crippen molar-refractivity contribution in [2.75, 3.05) is 17.7 Å². The van der Waals surface area contributed by atoms with Crippen LogP contribution in [0.2, 0.25) is 0 Å². The van der Waals surface area contributed by atoms with E-state index >= 15 is 0 Å². The van der Waals surface area contributed by atoms with Gasteiger partial charge in [0.15, 0.2) is 0 Å². The zero-order valence-electron chi connectivity index (χ0n) is 8.76. The molecule has 1 aromatic carbocycles. The van der Waals surface area contributed by atoms with Crippen LogP contribution in [0.25, 0.3) is 0 Å². The molecular weight excluding hydrogens is 188 g/mol. The standard InChI is InChI=1S/C12H14N2O/c1-13-8-3-4-10-9(7-8)12(5-2-6-12)11(15)14-10/h3-4,7,13H,2,5-6H2,1H3,(H,14,15). The van der Waals surface area contributed by atoms with Gasteiger partial charge in [-0.15, -0.1) is 0 Å². The summed E-state index contributed by atoms with van der Waals surface area (Å²) in [6.45, 7) is 0. The van der Waals surface area contributed by atoms with Crippen molar-refractivity contribution < 1.29 is 4.79 Å². The molecule has 1 aliphatic heterocycles. The number of benzene rings is 1.